The molecule has 0 aromatic heterocycles. The van der Waals surface area contributed by atoms with E-state index in [4.69, 9.17) is 4.99 Å². The van der Waals surface area contributed by atoms with Gasteiger partial charge in [-0.15, -0.1) is 0 Å². The molecule has 0 atom stereocenters. The predicted octanol–water partition coefficient (Wildman–Crippen LogP) is 5.53. The first kappa shape index (κ1) is 15.8. The second-order valence-electron chi connectivity index (χ2n) is 6.06. The summed E-state index contributed by atoms with van der Waals surface area (Å²) in [6, 6.07) is 8.61. The number of hydrogen-bond donors (Lipinski definition) is 1. The van der Waals surface area contributed by atoms with Crippen LogP contribution in [0, 0.1) is 0 Å². The molecule has 1 aliphatic carbocycles. The van der Waals surface area contributed by atoms with Crippen molar-refractivity contribution in [1.82, 2.24) is 0 Å². The van der Waals surface area contributed by atoms with E-state index >= 15 is 0 Å². The molecule has 2 heteroatoms. The Balaban J connectivity index is 2.16. The Hall–Kier alpha value is -1.57. The van der Waals surface area contributed by atoms with E-state index < -0.39 is 0 Å². The first-order chi connectivity index (χ1) is 10.2. The highest BCUT2D eigenvalue weighted by Gasteiger charge is 2.14. The molecular weight excluding hydrogens is 256 g/mol. The fourth-order valence-corrected chi connectivity index (χ4v) is 2.69. The quantitative estimate of drug-likeness (QED) is 0.682. The molecule has 1 aliphatic rings. The molecular formula is C19H28N2. The van der Waals surface area contributed by atoms with E-state index in [2.05, 4.69) is 56.4 Å². The highest BCUT2D eigenvalue weighted by Crippen LogP contribution is 2.26. The summed E-state index contributed by atoms with van der Waals surface area (Å²) < 4.78 is 0. The first-order valence-corrected chi connectivity index (χ1v) is 8.32. The van der Waals surface area contributed by atoms with Crippen LogP contribution in [-0.2, 0) is 0 Å². The topological polar surface area (TPSA) is 24.4 Å². The monoisotopic (exact) mass is 284 g/mol. The van der Waals surface area contributed by atoms with Gasteiger partial charge in [0.05, 0.1) is 11.4 Å². The SMILES string of the molecule is CCCCN=C1CCCC=C1Nc1ccccc1C(C)C. The molecule has 0 aliphatic heterocycles. The highest BCUT2D eigenvalue weighted by atomic mass is 14.9. The standard InChI is InChI=1S/C19H28N2/c1-4-5-14-20-18-12-8-9-13-19(18)21-17-11-7-6-10-16(17)15(2)3/h6-7,10-11,13,15,21H,4-5,8-9,12,14H2,1-3H3. The van der Waals surface area contributed by atoms with E-state index in [1.165, 1.54) is 41.9 Å². The largest absolute Gasteiger partial charge is 0.354 e. The summed E-state index contributed by atoms with van der Waals surface area (Å²) in [6.07, 6.45) is 8.18. The Bertz CT molecular complexity index is 512. The molecule has 1 aromatic rings. The van der Waals surface area contributed by atoms with Crippen molar-refractivity contribution in [3.63, 3.8) is 0 Å². The van der Waals surface area contributed by atoms with Gasteiger partial charge in [-0.1, -0.05) is 51.5 Å². The molecule has 21 heavy (non-hydrogen) atoms. The Morgan fingerprint density at radius 3 is 2.81 bits per heavy atom. The molecule has 0 amide bonds. The summed E-state index contributed by atoms with van der Waals surface area (Å²) in [5.74, 6) is 0.526. The number of benzene rings is 1. The van der Waals surface area contributed by atoms with Gasteiger partial charge in [0.15, 0.2) is 0 Å². The van der Waals surface area contributed by atoms with E-state index in [9.17, 15) is 0 Å². The van der Waals surface area contributed by atoms with Crippen molar-refractivity contribution in [3.05, 3.63) is 41.6 Å². The van der Waals surface area contributed by atoms with Crippen LogP contribution in [0.1, 0.15) is 64.4 Å². The number of rotatable bonds is 6. The lowest BCUT2D eigenvalue weighted by molar-refractivity contribution is 0.795. The van der Waals surface area contributed by atoms with Gasteiger partial charge in [-0.25, -0.2) is 0 Å². The summed E-state index contributed by atoms with van der Waals surface area (Å²) in [4.78, 5) is 4.81. The average Bonchev–Trinajstić information content (AvgIpc) is 2.49. The third-order valence-corrected chi connectivity index (χ3v) is 3.94. The lowest BCUT2D eigenvalue weighted by Crippen LogP contribution is -2.16. The number of nitrogens with one attached hydrogen (secondary N) is 1. The third kappa shape index (κ3) is 4.45. The van der Waals surface area contributed by atoms with Crippen molar-refractivity contribution in [2.24, 2.45) is 4.99 Å². The molecule has 0 saturated carbocycles. The number of para-hydroxylation sites is 1. The van der Waals surface area contributed by atoms with Gasteiger partial charge in [-0.2, -0.15) is 0 Å². The molecule has 0 heterocycles. The average molecular weight is 284 g/mol. The predicted molar refractivity (Wildman–Crippen MR) is 93.3 cm³/mol. The van der Waals surface area contributed by atoms with Gasteiger partial charge in [0, 0.05) is 12.2 Å². The lowest BCUT2D eigenvalue weighted by atomic mass is 9.98. The van der Waals surface area contributed by atoms with Gasteiger partial charge >= 0.3 is 0 Å². The molecule has 0 fully saturated rings. The van der Waals surface area contributed by atoms with Gasteiger partial charge in [0.25, 0.3) is 0 Å². The van der Waals surface area contributed by atoms with Gasteiger partial charge in [0.1, 0.15) is 0 Å². The van der Waals surface area contributed by atoms with Crippen LogP contribution >= 0.6 is 0 Å². The number of unbranched alkanes of at least 4 members (excludes halogenated alkanes) is 1. The second-order valence-corrected chi connectivity index (χ2v) is 6.06. The van der Waals surface area contributed by atoms with Gasteiger partial charge in [-0.3, -0.25) is 4.99 Å². The summed E-state index contributed by atoms with van der Waals surface area (Å²) in [5, 5.41) is 3.64. The number of hydrogen-bond acceptors (Lipinski definition) is 2. The normalized spacial score (nSPS) is 17.1. The van der Waals surface area contributed by atoms with E-state index in [-0.39, 0.29) is 0 Å². The minimum atomic E-state index is 0.526. The van der Waals surface area contributed by atoms with Crippen molar-refractivity contribution in [3.8, 4) is 0 Å². The molecule has 0 bridgehead atoms. The molecule has 1 N–H and O–H groups in total. The van der Waals surface area contributed by atoms with Crippen LogP contribution in [0.15, 0.2) is 41.0 Å². The number of anilines is 1. The Morgan fingerprint density at radius 1 is 1.24 bits per heavy atom. The lowest BCUT2D eigenvalue weighted by Gasteiger charge is -2.21. The van der Waals surface area contributed by atoms with Crippen LogP contribution in [0.2, 0.25) is 0 Å². The van der Waals surface area contributed by atoms with Gasteiger partial charge < -0.3 is 5.32 Å². The zero-order chi connectivity index (χ0) is 15.1. The molecule has 0 unspecified atom stereocenters. The maximum atomic E-state index is 4.81. The second kappa shape index (κ2) is 8.02. The van der Waals surface area contributed by atoms with Crippen LogP contribution < -0.4 is 5.32 Å². The first-order valence-electron chi connectivity index (χ1n) is 8.32. The molecule has 1 aromatic carbocycles. The van der Waals surface area contributed by atoms with Crippen molar-refractivity contribution >= 4 is 11.4 Å². The van der Waals surface area contributed by atoms with Crippen LogP contribution in [-0.4, -0.2) is 12.3 Å². The van der Waals surface area contributed by atoms with Gasteiger partial charge in [0.2, 0.25) is 0 Å². The minimum Gasteiger partial charge on any atom is -0.354 e. The summed E-state index contributed by atoms with van der Waals surface area (Å²) in [7, 11) is 0. The van der Waals surface area contributed by atoms with E-state index in [1.807, 2.05) is 0 Å². The third-order valence-electron chi connectivity index (χ3n) is 3.94. The molecule has 0 radical (unpaired) electrons. The van der Waals surface area contributed by atoms with E-state index in [1.54, 1.807) is 0 Å². The van der Waals surface area contributed by atoms with Gasteiger partial charge in [-0.05, 0) is 43.2 Å². The molecule has 2 nitrogen and oxygen atoms in total. The fourth-order valence-electron chi connectivity index (χ4n) is 2.69. The molecule has 0 spiro atoms. The van der Waals surface area contributed by atoms with Crippen LogP contribution in [0.5, 0.6) is 0 Å². The molecule has 114 valence electrons. The Kier molecular flexibility index (Phi) is 6.04. The van der Waals surface area contributed by atoms with E-state index in [0.717, 1.165) is 19.4 Å². The number of allylic oxidation sites excluding steroid dienone is 2. The molecule has 2 rings (SSSR count). The van der Waals surface area contributed by atoms with Crippen molar-refractivity contribution in [2.75, 3.05) is 11.9 Å². The zero-order valence-electron chi connectivity index (χ0n) is 13.7. The van der Waals surface area contributed by atoms with Crippen molar-refractivity contribution in [2.45, 2.75) is 58.8 Å². The van der Waals surface area contributed by atoms with Crippen LogP contribution in [0.25, 0.3) is 0 Å². The van der Waals surface area contributed by atoms with Crippen molar-refractivity contribution < 1.29 is 0 Å². The van der Waals surface area contributed by atoms with Crippen LogP contribution in [0.4, 0.5) is 5.69 Å². The summed E-state index contributed by atoms with van der Waals surface area (Å²) in [6.45, 7) is 7.66. The molecule has 0 saturated heterocycles. The number of aliphatic imine (C=N–C) groups is 1. The minimum absolute atomic E-state index is 0.526. The number of nitrogens with zero attached hydrogens (tertiary/aromatic N) is 1. The smallest absolute Gasteiger partial charge is 0.0579 e. The van der Waals surface area contributed by atoms with E-state index in [0.29, 0.717) is 5.92 Å². The Morgan fingerprint density at radius 2 is 2.05 bits per heavy atom. The zero-order valence-corrected chi connectivity index (χ0v) is 13.7. The maximum Gasteiger partial charge on any atom is 0.0579 e. The summed E-state index contributed by atoms with van der Waals surface area (Å²) in [5.41, 5.74) is 5.08. The highest BCUT2D eigenvalue weighted by molar-refractivity contribution is 6.03. The van der Waals surface area contributed by atoms with Crippen molar-refractivity contribution in [1.29, 1.82) is 0 Å². The fraction of sp³-hybridized carbons (Fsp3) is 0.526. The summed E-state index contributed by atoms with van der Waals surface area (Å²) >= 11 is 0. The Labute approximate surface area is 129 Å². The van der Waals surface area contributed by atoms with Crippen LogP contribution in [0.3, 0.4) is 0 Å². The maximum absolute atomic E-state index is 4.81.